The van der Waals surface area contributed by atoms with Crippen LogP contribution >= 0.6 is 0 Å². The van der Waals surface area contributed by atoms with Crippen LogP contribution in [-0.4, -0.2) is 77.9 Å². The Balaban J connectivity index is 1.65. The van der Waals surface area contributed by atoms with Crippen molar-refractivity contribution < 1.29 is 33.6 Å². The Labute approximate surface area is 221 Å². The van der Waals surface area contributed by atoms with Crippen LogP contribution in [0.1, 0.15) is 28.5 Å². The van der Waals surface area contributed by atoms with E-state index in [1.807, 2.05) is 13.0 Å². The molecule has 1 aromatic heterocycles. The number of aromatic hydroxyl groups is 2. The van der Waals surface area contributed by atoms with Gasteiger partial charge in [-0.15, -0.1) is 0 Å². The number of amides is 1. The number of pyridine rings is 1. The number of rotatable bonds is 9. The molecule has 3 aromatic rings. The molecule has 4 rings (SSSR count). The first kappa shape index (κ1) is 27.2. The third kappa shape index (κ3) is 5.66. The SMILES string of the molecule is CCOCc1nc(O)c(C(=O)N2CCN(Cc3cccc(F)c3)CC2)c(O)c1-c1c(OC)cccc1OC. The Kier molecular flexibility index (Phi) is 8.65. The highest BCUT2D eigenvalue weighted by molar-refractivity contribution is 6.02. The van der Waals surface area contributed by atoms with Crippen molar-refractivity contribution in [2.45, 2.75) is 20.1 Å². The van der Waals surface area contributed by atoms with Gasteiger partial charge < -0.3 is 29.3 Å². The number of halogens is 1. The number of carbonyl (C=O) groups excluding carboxylic acids is 1. The molecule has 0 spiro atoms. The van der Waals surface area contributed by atoms with E-state index in [0.717, 1.165) is 5.56 Å². The number of aromatic nitrogens is 1. The van der Waals surface area contributed by atoms with Crippen LogP contribution in [0.25, 0.3) is 11.1 Å². The molecule has 2 heterocycles. The quantitative estimate of drug-likeness (QED) is 0.435. The average Bonchev–Trinajstić information content (AvgIpc) is 2.91. The van der Waals surface area contributed by atoms with E-state index in [1.165, 1.54) is 26.4 Å². The highest BCUT2D eigenvalue weighted by Gasteiger charge is 2.32. The maximum absolute atomic E-state index is 13.6. The summed E-state index contributed by atoms with van der Waals surface area (Å²) in [4.78, 5) is 21.5. The molecule has 1 saturated heterocycles. The number of methoxy groups -OCH3 is 2. The maximum atomic E-state index is 13.6. The average molecular weight is 526 g/mol. The molecule has 0 radical (unpaired) electrons. The molecule has 1 aliphatic heterocycles. The van der Waals surface area contributed by atoms with Gasteiger partial charge in [0.15, 0.2) is 0 Å². The van der Waals surface area contributed by atoms with Gasteiger partial charge in [-0.25, -0.2) is 9.37 Å². The molecule has 10 heteroatoms. The second-order valence-electron chi connectivity index (χ2n) is 8.85. The van der Waals surface area contributed by atoms with Gasteiger partial charge >= 0.3 is 0 Å². The van der Waals surface area contributed by atoms with E-state index in [-0.39, 0.29) is 29.2 Å². The summed E-state index contributed by atoms with van der Waals surface area (Å²) in [5.41, 5.74) is 1.38. The number of hydrogen-bond acceptors (Lipinski definition) is 8. The van der Waals surface area contributed by atoms with Crippen molar-refractivity contribution in [2.24, 2.45) is 0 Å². The third-order valence-electron chi connectivity index (χ3n) is 6.52. The van der Waals surface area contributed by atoms with Crippen LogP contribution in [-0.2, 0) is 17.9 Å². The van der Waals surface area contributed by atoms with Gasteiger partial charge in [-0.3, -0.25) is 9.69 Å². The molecule has 0 aliphatic carbocycles. The number of nitrogens with zero attached hydrogens (tertiary/aromatic N) is 3. The zero-order chi connectivity index (χ0) is 27.2. The summed E-state index contributed by atoms with van der Waals surface area (Å²) < 4.78 is 30.1. The summed E-state index contributed by atoms with van der Waals surface area (Å²) in [6.07, 6.45) is 0. The Morgan fingerprint density at radius 2 is 1.66 bits per heavy atom. The van der Waals surface area contributed by atoms with E-state index in [1.54, 1.807) is 29.2 Å². The maximum Gasteiger partial charge on any atom is 0.263 e. The van der Waals surface area contributed by atoms with Crippen molar-refractivity contribution in [1.82, 2.24) is 14.8 Å². The van der Waals surface area contributed by atoms with Gasteiger partial charge in [0.1, 0.15) is 28.6 Å². The Morgan fingerprint density at radius 3 is 2.26 bits per heavy atom. The van der Waals surface area contributed by atoms with Gasteiger partial charge in [0.25, 0.3) is 5.91 Å². The largest absolute Gasteiger partial charge is 0.506 e. The fourth-order valence-electron chi connectivity index (χ4n) is 4.63. The lowest BCUT2D eigenvalue weighted by Crippen LogP contribution is -2.48. The summed E-state index contributed by atoms with van der Waals surface area (Å²) in [5, 5.41) is 22.2. The zero-order valence-electron chi connectivity index (χ0n) is 21.7. The Hall–Kier alpha value is -3.89. The van der Waals surface area contributed by atoms with Crippen LogP contribution in [0.15, 0.2) is 42.5 Å². The van der Waals surface area contributed by atoms with E-state index < -0.39 is 17.5 Å². The Bertz CT molecular complexity index is 1270. The molecule has 2 aromatic carbocycles. The lowest BCUT2D eigenvalue weighted by atomic mass is 9.97. The van der Waals surface area contributed by atoms with Crippen molar-refractivity contribution in [3.63, 3.8) is 0 Å². The van der Waals surface area contributed by atoms with Gasteiger partial charge in [0, 0.05) is 39.3 Å². The normalized spacial score (nSPS) is 13.9. The molecule has 0 bridgehead atoms. The Morgan fingerprint density at radius 1 is 1.00 bits per heavy atom. The van der Waals surface area contributed by atoms with Crippen molar-refractivity contribution >= 4 is 5.91 Å². The minimum Gasteiger partial charge on any atom is -0.506 e. The molecule has 1 aliphatic rings. The number of ether oxygens (including phenoxy) is 3. The molecule has 202 valence electrons. The van der Waals surface area contributed by atoms with Crippen molar-refractivity contribution in [1.29, 1.82) is 0 Å². The first-order valence-corrected chi connectivity index (χ1v) is 12.4. The van der Waals surface area contributed by atoms with E-state index in [9.17, 15) is 19.4 Å². The van der Waals surface area contributed by atoms with Crippen LogP contribution in [0.2, 0.25) is 0 Å². The summed E-state index contributed by atoms with van der Waals surface area (Å²) >= 11 is 0. The molecular formula is C28H32FN3O6. The summed E-state index contributed by atoms with van der Waals surface area (Å²) in [6.45, 7) is 4.56. The van der Waals surface area contributed by atoms with Gasteiger partial charge in [-0.1, -0.05) is 18.2 Å². The topological polar surface area (TPSA) is 105 Å². The van der Waals surface area contributed by atoms with Crippen LogP contribution in [0.3, 0.4) is 0 Å². The predicted octanol–water partition coefficient (Wildman–Crippen LogP) is 3.81. The minimum atomic E-state index is -0.581. The fraction of sp³-hybridized carbons (Fsp3) is 0.357. The van der Waals surface area contributed by atoms with E-state index >= 15 is 0 Å². The first-order chi connectivity index (χ1) is 18.4. The molecule has 0 unspecified atom stereocenters. The summed E-state index contributed by atoms with van der Waals surface area (Å²) in [7, 11) is 2.97. The minimum absolute atomic E-state index is 0.0125. The zero-order valence-corrected chi connectivity index (χ0v) is 21.7. The monoisotopic (exact) mass is 525 g/mol. The highest BCUT2D eigenvalue weighted by atomic mass is 19.1. The fourth-order valence-corrected chi connectivity index (χ4v) is 4.63. The second kappa shape index (κ2) is 12.1. The third-order valence-corrected chi connectivity index (χ3v) is 6.52. The van der Waals surface area contributed by atoms with Gasteiger partial charge in [0.2, 0.25) is 5.88 Å². The van der Waals surface area contributed by atoms with Crippen LogP contribution in [0.5, 0.6) is 23.1 Å². The number of hydrogen-bond donors (Lipinski definition) is 2. The molecule has 1 amide bonds. The van der Waals surface area contributed by atoms with E-state index in [0.29, 0.717) is 56.4 Å². The number of benzene rings is 2. The molecule has 1 fully saturated rings. The van der Waals surface area contributed by atoms with Crippen molar-refractivity contribution in [3.05, 3.63) is 65.1 Å². The molecule has 2 N–H and O–H groups in total. The molecular weight excluding hydrogens is 493 g/mol. The van der Waals surface area contributed by atoms with Gasteiger partial charge in [-0.2, -0.15) is 0 Å². The van der Waals surface area contributed by atoms with Gasteiger partial charge in [0.05, 0.1) is 37.6 Å². The first-order valence-electron chi connectivity index (χ1n) is 12.4. The molecule has 0 atom stereocenters. The van der Waals surface area contributed by atoms with Gasteiger partial charge in [-0.05, 0) is 36.8 Å². The molecule has 38 heavy (non-hydrogen) atoms. The van der Waals surface area contributed by atoms with Crippen molar-refractivity contribution in [3.8, 4) is 34.3 Å². The second-order valence-corrected chi connectivity index (χ2v) is 8.85. The standard InChI is InChI=1S/C28H32FN3O6/c1-4-38-17-20-23(24-21(36-2)9-6-10-22(24)37-3)26(33)25(27(34)30-20)28(35)32-13-11-31(12-14-32)16-18-7-5-8-19(29)15-18/h5-10,15H,4,11-14,16-17H2,1-3H3,(H2,30,33,34). The van der Waals surface area contributed by atoms with Crippen LogP contribution in [0, 0.1) is 5.82 Å². The number of piperazine rings is 1. The van der Waals surface area contributed by atoms with E-state index in [4.69, 9.17) is 14.2 Å². The van der Waals surface area contributed by atoms with Crippen LogP contribution < -0.4 is 9.47 Å². The summed E-state index contributed by atoms with van der Waals surface area (Å²) in [6, 6.07) is 11.6. The smallest absolute Gasteiger partial charge is 0.263 e. The predicted molar refractivity (Wildman–Crippen MR) is 139 cm³/mol. The van der Waals surface area contributed by atoms with Crippen LogP contribution in [0.4, 0.5) is 4.39 Å². The molecule has 0 saturated carbocycles. The molecule has 9 nitrogen and oxygen atoms in total. The van der Waals surface area contributed by atoms with E-state index in [2.05, 4.69) is 9.88 Å². The summed E-state index contributed by atoms with van der Waals surface area (Å²) in [5.74, 6) is -1.05. The lowest BCUT2D eigenvalue weighted by Gasteiger charge is -2.35. The number of carbonyl (C=O) groups is 1. The van der Waals surface area contributed by atoms with Crippen molar-refractivity contribution in [2.75, 3.05) is 47.0 Å². The lowest BCUT2D eigenvalue weighted by molar-refractivity contribution is 0.0621. The highest BCUT2D eigenvalue weighted by Crippen LogP contribution is 2.47.